The van der Waals surface area contributed by atoms with E-state index in [0.717, 1.165) is 38.5 Å². The lowest BCUT2D eigenvalue weighted by molar-refractivity contribution is -0.142. The van der Waals surface area contributed by atoms with Crippen LogP contribution in [0.1, 0.15) is 64.2 Å². The highest BCUT2D eigenvalue weighted by atomic mass is 16.4. The molecule has 10 nitrogen and oxygen atoms in total. The molecule has 2 fully saturated rings. The zero-order valence-corrected chi connectivity index (χ0v) is 18.2. The summed E-state index contributed by atoms with van der Waals surface area (Å²) < 4.78 is 0. The van der Waals surface area contributed by atoms with Crippen molar-refractivity contribution < 1.29 is 33.9 Å². The van der Waals surface area contributed by atoms with Crippen molar-refractivity contribution in [3.05, 3.63) is 12.2 Å². The lowest BCUT2D eigenvalue weighted by atomic mass is 9.85. The fraction of sp³-hybridized carbons (Fsp3) is 0.636. The van der Waals surface area contributed by atoms with Crippen LogP contribution in [0.2, 0.25) is 0 Å². The molecule has 0 atom stereocenters. The van der Waals surface area contributed by atoms with Crippen molar-refractivity contribution in [2.24, 2.45) is 5.92 Å². The average molecular weight is 450 g/mol. The fourth-order valence-corrected chi connectivity index (χ4v) is 4.20. The highest BCUT2D eigenvalue weighted by molar-refractivity contribution is 6.12. The molecule has 5 amide bonds. The van der Waals surface area contributed by atoms with Gasteiger partial charge in [0.25, 0.3) is 11.8 Å². The van der Waals surface area contributed by atoms with E-state index < -0.39 is 5.97 Å². The zero-order valence-electron chi connectivity index (χ0n) is 18.2. The molecule has 3 aliphatic rings. The van der Waals surface area contributed by atoms with E-state index in [0.29, 0.717) is 38.8 Å². The molecule has 0 unspecified atom stereocenters. The van der Waals surface area contributed by atoms with Gasteiger partial charge in [-0.25, -0.2) is 0 Å². The molecule has 32 heavy (non-hydrogen) atoms. The topological polar surface area (TPSA) is 141 Å². The van der Waals surface area contributed by atoms with E-state index >= 15 is 0 Å². The Bertz CT molecular complexity index is 723. The second-order valence-corrected chi connectivity index (χ2v) is 8.23. The second-order valence-electron chi connectivity index (χ2n) is 8.23. The Morgan fingerprint density at radius 1 is 0.969 bits per heavy atom. The summed E-state index contributed by atoms with van der Waals surface area (Å²) >= 11 is 0. The summed E-state index contributed by atoms with van der Waals surface area (Å²) in [6.07, 6.45) is 9.75. The minimum absolute atomic E-state index is 0.00635. The first-order valence-corrected chi connectivity index (χ1v) is 11.1. The predicted molar refractivity (Wildman–Crippen MR) is 113 cm³/mol. The van der Waals surface area contributed by atoms with E-state index in [-0.39, 0.29) is 42.0 Å². The summed E-state index contributed by atoms with van der Waals surface area (Å²) in [6, 6.07) is 0.00635. The maximum Gasteiger partial charge on any atom is 0.303 e. The molecule has 0 bridgehead atoms. The molecule has 2 N–H and O–H groups in total. The maximum absolute atomic E-state index is 11.7. The number of carboxylic acids is 1. The largest absolute Gasteiger partial charge is 0.481 e. The van der Waals surface area contributed by atoms with Gasteiger partial charge in [0, 0.05) is 50.5 Å². The molecule has 176 valence electrons. The highest BCUT2D eigenvalue weighted by Gasteiger charge is 2.37. The van der Waals surface area contributed by atoms with Crippen molar-refractivity contribution in [2.75, 3.05) is 13.1 Å². The van der Waals surface area contributed by atoms with Gasteiger partial charge in [0.15, 0.2) is 0 Å². The average Bonchev–Trinajstić information content (AvgIpc) is 3.27. The first kappa shape index (κ1) is 25.2. The molecule has 0 spiro atoms. The molecule has 0 aromatic heterocycles. The van der Waals surface area contributed by atoms with Crippen molar-refractivity contribution >= 4 is 36.0 Å². The van der Waals surface area contributed by atoms with Crippen LogP contribution in [0, 0.1) is 5.92 Å². The van der Waals surface area contributed by atoms with Gasteiger partial charge in [0.2, 0.25) is 18.2 Å². The number of nitrogens with one attached hydrogen (secondary N) is 1. The third kappa shape index (κ3) is 7.58. The van der Waals surface area contributed by atoms with Gasteiger partial charge >= 0.3 is 5.97 Å². The van der Waals surface area contributed by atoms with Crippen LogP contribution in [0.15, 0.2) is 12.2 Å². The Balaban J connectivity index is 0.000000282. The highest BCUT2D eigenvalue weighted by Crippen LogP contribution is 2.31. The summed E-state index contributed by atoms with van der Waals surface area (Å²) in [5.74, 6) is -1.09. The van der Waals surface area contributed by atoms with E-state index in [1.54, 1.807) is 0 Å². The second kappa shape index (κ2) is 12.7. The number of amides is 5. The van der Waals surface area contributed by atoms with E-state index in [2.05, 4.69) is 5.32 Å². The number of imide groups is 2. The number of hydrogen-bond acceptors (Lipinski definition) is 6. The number of carboxylic acid groups (broad SMARTS) is 1. The molecule has 3 rings (SSSR count). The van der Waals surface area contributed by atoms with Crippen molar-refractivity contribution in [1.29, 1.82) is 0 Å². The molecule has 0 aromatic carbocycles. The first-order chi connectivity index (χ1) is 15.3. The van der Waals surface area contributed by atoms with Crippen molar-refractivity contribution in [2.45, 2.75) is 70.3 Å². The first-order valence-electron chi connectivity index (χ1n) is 11.1. The van der Waals surface area contributed by atoms with Crippen molar-refractivity contribution in [3.8, 4) is 0 Å². The van der Waals surface area contributed by atoms with Gasteiger partial charge < -0.3 is 10.4 Å². The minimum atomic E-state index is -0.756. The van der Waals surface area contributed by atoms with Crippen molar-refractivity contribution in [3.63, 3.8) is 0 Å². The van der Waals surface area contributed by atoms with Crippen LogP contribution >= 0.6 is 0 Å². The Labute approximate surface area is 187 Å². The van der Waals surface area contributed by atoms with Crippen LogP contribution in [-0.2, 0) is 28.8 Å². The lowest BCUT2D eigenvalue weighted by Gasteiger charge is -2.34. The zero-order chi connectivity index (χ0) is 23.5. The van der Waals surface area contributed by atoms with E-state index in [9.17, 15) is 28.8 Å². The molecule has 1 saturated heterocycles. The number of nitrogens with zero attached hydrogens (tertiary/aromatic N) is 2. The standard InChI is InChI=1S/C15H18N2O4.C7H13NO3/c18-12-5-6-13(19)16(12)9-10-1-3-11(4-2-10)17-14(20)7-8-15(17)21;9-6-8-5-3-1-2-4-7(10)11/h5-6,10-11H,1-4,7-9H2;6H,1-5H2,(H,8,9)(H,10,11). The molecule has 1 saturated carbocycles. The molecule has 2 aliphatic heterocycles. The summed E-state index contributed by atoms with van der Waals surface area (Å²) in [4.78, 5) is 69.0. The summed E-state index contributed by atoms with van der Waals surface area (Å²) in [7, 11) is 0. The van der Waals surface area contributed by atoms with Gasteiger partial charge in [-0.3, -0.25) is 38.6 Å². The smallest absolute Gasteiger partial charge is 0.303 e. The third-order valence-electron chi connectivity index (χ3n) is 5.91. The number of carbonyl (C=O) groups is 6. The molecule has 10 heteroatoms. The SMILES string of the molecule is O=C1C=CC(=O)N1CC1CCC(N2C(=O)CCC2=O)CC1.O=CNCCCCCC(=O)O. The molecule has 1 aliphatic carbocycles. The van der Waals surface area contributed by atoms with Crippen LogP contribution in [-0.4, -0.2) is 70.0 Å². The summed E-state index contributed by atoms with van der Waals surface area (Å²) in [6.45, 7) is 1.09. The normalized spacial score (nSPS) is 22.8. The lowest BCUT2D eigenvalue weighted by Crippen LogP contribution is -2.43. The molecule has 0 radical (unpaired) electrons. The number of aliphatic carboxylic acids is 1. The van der Waals surface area contributed by atoms with Gasteiger partial charge in [-0.15, -0.1) is 0 Å². The summed E-state index contributed by atoms with van der Waals surface area (Å²) in [5.41, 5.74) is 0. The van der Waals surface area contributed by atoms with Gasteiger partial charge in [-0.2, -0.15) is 0 Å². The number of carbonyl (C=O) groups excluding carboxylic acids is 5. The molecular formula is C22H31N3O7. The Hall–Kier alpha value is -3.04. The molecule has 0 aromatic rings. The predicted octanol–water partition coefficient (Wildman–Crippen LogP) is 0.997. The Kier molecular flexibility index (Phi) is 10.0. The molecule has 2 heterocycles. The van der Waals surface area contributed by atoms with Gasteiger partial charge in [0.05, 0.1) is 0 Å². The molecular weight excluding hydrogens is 418 g/mol. The Morgan fingerprint density at radius 3 is 2.09 bits per heavy atom. The van der Waals surface area contributed by atoms with E-state index in [1.165, 1.54) is 22.0 Å². The third-order valence-corrected chi connectivity index (χ3v) is 5.91. The van der Waals surface area contributed by atoms with E-state index in [1.807, 2.05) is 0 Å². The summed E-state index contributed by atoms with van der Waals surface area (Å²) in [5, 5.41) is 10.8. The van der Waals surface area contributed by atoms with Crippen LogP contribution in [0.25, 0.3) is 0 Å². The van der Waals surface area contributed by atoms with Crippen LogP contribution in [0.5, 0.6) is 0 Å². The van der Waals surface area contributed by atoms with Crippen LogP contribution in [0.4, 0.5) is 0 Å². The van der Waals surface area contributed by atoms with E-state index in [4.69, 9.17) is 5.11 Å². The van der Waals surface area contributed by atoms with Gasteiger partial charge in [0.1, 0.15) is 0 Å². The quantitative estimate of drug-likeness (QED) is 0.288. The number of unbranched alkanes of at least 4 members (excludes halogenated alkanes) is 2. The van der Waals surface area contributed by atoms with Crippen LogP contribution < -0.4 is 5.32 Å². The number of rotatable bonds is 10. The Morgan fingerprint density at radius 2 is 1.56 bits per heavy atom. The van der Waals surface area contributed by atoms with Gasteiger partial charge in [-0.05, 0) is 44.4 Å². The number of likely N-dealkylation sites (tertiary alicyclic amines) is 1. The van der Waals surface area contributed by atoms with Gasteiger partial charge in [-0.1, -0.05) is 6.42 Å². The minimum Gasteiger partial charge on any atom is -0.481 e. The fourth-order valence-electron chi connectivity index (χ4n) is 4.20. The number of hydrogen-bond donors (Lipinski definition) is 2. The monoisotopic (exact) mass is 449 g/mol. The maximum atomic E-state index is 11.7. The van der Waals surface area contributed by atoms with Crippen molar-refractivity contribution in [1.82, 2.24) is 15.1 Å². The van der Waals surface area contributed by atoms with Crippen LogP contribution in [0.3, 0.4) is 0 Å².